The first-order chi connectivity index (χ1) is 31.6. The standard InChI is InChI=1S/C60H42N4/c1-3-4-7-20-40(2)51-38-54(53(41-21-8-5-9-22-41)39-57(51)64-55-31-18-16-29-49(55)50-30-17-19-32-56(50)64)60-62-58(43-23-10-6-11-24-43)61-59(63-60)44-35-33-42(34-36-44)52-37-45-25-12-13-26-46(45)47-27-14-15-28-48(47)52/h1,4-18,20-31,33-39H,19,32H2,2H3/b7-4-,40-20+. The molecule has 302 valence electrons. The van der Waals surface area contributed by atoms with Gasteiger partial charge in [0.25, 0.3) is 0 Å². The van der Waals surface area contributed by atoms with Gasteiger partial charge in [-0.3, -0.25) is 0 Å². The van der Waals surface area contributed by atoms with Gasteiger partial charge in [-0.25, -0.2) is 15.0 Å². The van der Waals surface area contributed by atoms with Crippen LogP contribution < -0.4 is 0 Å². The summed E-state index contributed by atoms with van der Waals surface area (Å²) >= 11 is 0. The van der Waals surface area contributed by atoms with Gasteiger partial charge in [-0.15, -0.1) is 6.42 Å². The second-order valence-corrected chi connectivity index (χ2v) is 16.3. The number of nitrogens with zero attached hydrogens (tertiary/aromatic N) is 4. The van der Waals surface area contributed by atoms with Crippen LogP contribution in [0.3, 0.4) is 0 Å². The van der Waals surface area contributed by atoms with E-state index in [4.69, 9.17) is 21.4 Å². The van der Waals surface area contributed by atoms with E-state index in [2.05, 4.69) is 193 Å². The molecule has 0 spiro atoms. The lowest BCUT2D eigenvalue weighted by Crippen LogP contribution is -2.07. The molecular weight excluding hydrogens is 777 g/mol. The number of allylic oxidation sites excluding steroid dienone is 5. The predicted molar refractivity (Wildman–Crippen MR) is 268 cm³/mol. The molecule has 0 saturated heterocycles. The van der Waals surface area contributed by atoms with Crippen LogP contribution in [0.25, 0.3) is 106 Å². The first-order valence-electron chi connectivity index (χ1n) is 21.8. The first kappa shape index (κ1) is 38.5. The number of hydrogen-bond acceptors (Lipinski definition) is 3. The quantitative estimate of drug-likeness (QED) is 0.0871. The van der Waals surface area contributed by atoms with Gasteiger partial charge in [-0.05, 0) is 99.5 Å². The number of terminal acetylenes is 1. The van der Waals surface area contributed by atoms with Crippen molar-refractivity contribution < 1.29 is 0 Å². The van der Waals surface area contributed by atoms with Crippen molar-refractivity contribution >= 4 is 44.1 Å². The molecule has 0 unspecified atom stereocenters. The van der Waals surface area contributed by atoms with E-state index in [0.29, 0.717) is 17.5 Å². The van der Waals surface area contributed by atoms with E-state index in [1.54, 1.807) is 6.08 Å². The third-order valence-electron chi connectivity index (χ3n) is 12.4. The van der Waals surface area contributed by atoms with Crippen molar-refractivity contribution in [3.8, 4) is 74.4 Å². The van der Waals surface area contributed by atoms with Crippen LogP contribution in [0.5, 0.6) is 0 Å². The monoisotopic (exact) mass is 818 g/mol. The van der Waals surface area contributed by atoms with Gasteiger partial charge in [-0.1, -0.05) is 182 Å². The van der Waals surface area contributed by atoms with Gasteiger partial charge in [0, 0.05) is 38.9 Å². The Morgan fingerprint density at radius 3 is 1.91 bits per heavy atom. The van der Waals surface area contributed by atoms with Crippen molar-refractivity contribution in [1.82, 2.24) is 19.5 Å². The zero-order valence-electron chi connectivity index (χ0n) is 35.4. The summed E-state index contributed by atoms with van der Waals surface area (Å²) < 4.78 is 2.47. The van der Waals surface area contributed by atoms with Crippen molar-refractivity contribution in [2.45, 2.75) is 19.8 Å². The summed E-state index contributed by atoms with van der Waals surface area (Å²) in [6, 6.07) is 62.3. The van der Waals surface area contributed by atoms with Crippen LogP contribution in [0.15, 0.2) is 200 Å². The third kappa shape index (κ3) is 6.90. The van der Waals surface area contributed by atoms with Crippen LogP contribution in [0.2, 0.25) is 0 Å². The Kier molecular flexibility index (Phi) is 9.92. The molecule has 10 aromatic rings. The van der Waals surface area contributed by atoms with Crippen LogP contribution in [0, 0.1) is 12.3 Å². The van der Waals surface area contributed by atoms with Gasteiger partial charge < -0.3 is 4.57 Å². The number of fused-ring (bicyclic) bond motifs is 6. The highest BCUT2D eigenvalue weighted by Gasteiger charge is 2.24. The number of rotatable bonds is 8. The number of benzene rings is 8. The van der Waals surface area contributed by atoms with Gasteiger partial charge in [0.15, 0.2) is 17.5 Å². The van der Waals surface area contributed by atoms with E-state index < -0.39 is 0 Å². The molecule has 0 atom stereocenters. The maximum Gasteiger partial charge on any atom is 0.164 e. The van der Waals surface area contributed by atoms with Crippen molar-refractivity contribution in [2.75, 3.05) is 0 Å². The first-order valence-corrected chi connectivity index (χ1v) is 21.8. The average molecular weight is 819 g/mol. The summed E-state index contributed by atoms with van der Waals surface area (Å²) in [5, 5.41) is 6.18. The SMILES string of the molecule is C#C/C=C\C=C(/C)c1cc(-c2nc(-c3ccccc3)nc(-c3ccc(-c4cc5ccccc5c5ccccc45)cc3)n2)c(-c2ccccc2)cc1-n1c2c(c3ccccc31)C=CCC2. The Morgan fingerprint density at radius 1 is 0.562 bits per heavy atom. The lowest BCUT2D eigenvalue weighted by molar-refractivity contribution is 0.887. The van der Waals surface area contributed by atoms with Crippen molar-refractivity contribution in [3.63, 3.8) is 0 Å². The van der Waals surface area contributed by atoms with E-state index in [-0.39, 0.29) is 0 Å². The van der Waals surface area contributed by atoms with Crippen molar-refractivity contribution in [3.05, 3.63) is 217 Å². The molecule has 0 fully saturated rings. The maximum atomic E-state index is 5.69. The normalized spacial score (nSPS) is 12.6. The Bertz CT molecular complexity index is 3550. The minimum absolute atomic E-state index is 0.592. The minimum atomic E-state index is 0.592. The fraction of sp³-hybridized carbons (Fsp3) is 0.0500. The van der Waals surface area contributed by atoms with E-state index in [1.807, 2.05) is 24.3 Å². The Morgan fingerprint density at radius 2 is 1.16 bits per heavy atom. The Balaban J connectivity index is 1.14. The molecule has 8 aromatic carbocycles. The van der Waals surface area contributed by atoms with Gasteiger partial charge in [0.1, 0.15) is 0 Å². The number of hydrogen-bond donors (Lipinski definition) is 0. The molecule has 4 heteroatoms. The highest BCUT2D eigenvalue weighted by Crippen LogP contribution is 2.42. The van der Waals surface area contributed by atoms with Crippen LogP contribution in [0.1, 0.15) is 30.2 Å². The lowest BCUT2D eigenvalue weighted by atomic mass is 9.92. The fourth-order valence-electron chi connectivity index (χ4n) is 9.35. The summed E-state index contributed by atoms with van der Waals surface area (Å²) in [6.45, 7) is 2.15. The minimum Gasteiger partial charge on any atom is -0.312 e. The molecule has 64 heavy (non-hydrogen) atoms. The lowest BCUT2D eigenvalue weighted by Gasteiger charge is -2.21. The van der Waals surface area contributed by atoms with Gasteiger partial charge >= 0.3 is 0 Å². The molecule has 2 aromatic heterocycles. The molecule has 0 N–H and O–H groups in total. The van der Waals surface area contributed by atoms with Crippen LogP contribution in [-0.4, -0.2) is 19.5 Å². The van der Waals surface area contributed by atoms with Crippen molar-refractivity contribution in [2.24, 2.45) is 0 Å². The molecule has 2 heterocycles. The predicted octanol–water partition coefficient (Wildman–Crippen LogP) is 15.0. The van der Waals surface area contributed by atoms with Crippen LogP contribution in [0.4, 0.5) is 0 Å². The molecule has 0 radical (unpaired) electrons. The zero-order chi connectivity index (χ0) is 43.0. The molecule has 1 aliphatic carbocycles. The fourth-order valence-corrected chi connectivity index (χ4v) is 9.35. The summed E-state index contributed by atoms with van der Waals surface area (Å²) in [5.41, 5.74) is 14.1. The molecule has 0 saturated carbocycles. The second-order valence-electron chi connectivity index (χ2n) is 16.3. The summed E-state index contributed by atoms with van der Waals surface area (Å²) in [6.07, 6.45) is 18.0. The van der Waals surface area contributed by atoms with E-state index in [0.717, 1.165) is 63.0 Å². The molecular formula is C60H42N4. The summed E-state index contributed by atoms with van der Waals surface area (Å²) in [7, 11) is 0. The van der Waals surface area contributed by atoms with Gasteiger partial charge in [0.2, 0.25) is 0 Å². The third-order valence-corrected chi connectivity index (χ3v) is 12.4. The Hall–Kier alpha value is -8.39. The second kappa shape index (κ2) is 16.5. The smallest absolute Gasteiger partial charge is 0.164 e. The molecule has 0 amide bonds. The zero-order valence-corrected chi connectivity index (χ0v) is 35.4. The van der Waals surface area contributed by atoms with Crippen molar-refractivity contribution in [1.29, 1.82) is 0 Å². The van der Waals surface area contributed by atoms with Crippen LogP contribution >= 0.6 is 0 Å². The topological polar surface area (TPSA) is 43.6 Å². The molecule has 4 nitrogen and oxygen atoms in total. The maximum absolute atomic E-state index is 5.69. The summed E-state index contributed by atoms with van der Waals surface area (Å²) in [4.78, 5) is 15.8. The van der Waals surface area contributed by atoms with E-state index >= 15 is 0 Å². The summed E-state index contributed by atoms with van der Waals surface area (Å²) in [5.74, 6) is 4.46. The molecule has 0 aliphatic heterocycles. The van der Waals surface area contributed by atoms with E-state index in [1.165, 1.54) is 49.3 Å². The van der Waals surface area contributed by atoms with Crippen LogP contribution in [-0.2, 0) is 6.42 Å². The highest BCUT2D eigenvalue weighted by molar-refractivity contribution is 6.13. The number of para-hydroxylation sites is 1. The molecule has 1 aliphatic rings. The van der Waals surface area contributed by atoms with Gasteiger partial charge in [-0.2, -0.15) is 0 Å². The average Bonchev–Trinajstić information content (AvgIpc) is 3.70. The molecule has 0 bridgehead atoms. The number of aromatic nitrogens is 4. The largest absolute Gasteiger partial charge is 0.312 e. The molecule has 11 rings (SSSR count). The Labute approximate surface area is 373 Å². The highest BCUT2D eigenvalue weighted by atomic mass is 15.0. The van der Waals surface area contributed by atoms with Gasteiger partial charge in [0.05, 0.1) is 11.2 Å². The van der Waals surface area contributed by atoms with E-state index in [9.17, 15) is 0 Å².